The van der Waals surface area contributed by atoms with Gasteiger partial charge in [-0.15, -0.1) is 0 Å². The molecule has 20 heavy (non-hydrogen) atoms. The third-order valence-electron chi connectivity index (χ3n) is 6.53. The summed E-state index contributed by atoms with van der Waals surface area (Å²) in [5.74, 6) is 1.21. The molecule has 4 aliphatic carbocycles. The van der Waals surface area contributed by atoms with E-state index in [1.807, 2.05) is 27.7 Å². The van der Waals surface area contributed by atoms with Crippen LogP contribution in [0.3, 0.4) is 0 Å². The van der Waals surface area contributed by atoms with Crippen LogP contribution in [0.1, 0.15) is 66.2 Å². The van der Waals surface area contributed by atoms with Gasteiger partial charge in [0.1, 0.15) is 5.60 Å². The van der Waals surface area contributed by atoms with E-state index in [9.17, 15) is 9.90 Å². The highest BCUT2D eigenvalue weighted by molar-refractivity contribution is 5.76. The van der Waals surface area contributed by atoms with Crippen molar-refractivity contribution in [1.82, 2.24) is 0 Å². The van der Waals surface area contributed by atoms with Crippen LogP contribution >= 0.6 is 0 Å². The molecule has 0 aromatic heterocycles. The normalized spacial score (nSPS) is 46.5. The first kappa shape index (κ1) is 14.4. The molecular weight excluding hydrogens is 252 g/mol. The van der Waals surface area contributed by atoms with Gasteiger partial charge in [0.15, 0.2) is 0 Å². The van der Waals surface area contributed by atoms with E-state index in [1.165, 1.54) is 0 Å². The van der Waals surface area contributed by atoms with Gasteiger partial charge >= 0.3 is 5.97 Å². The molecule has 0 heterocycles. The first-order valence-electron chi connectivity index (χ1n) is 8.14. The van der Waals surface area contributed by atoms with E-state index in [0.29, 0.717) is 17.8 Å². The summed E-state index contributed by atoms with van der Waals surface area (Å²) >= 11 is 0. The number of aliphatic hydroxyl groups is 1. The summed E-state index contributed by atoms with van der Waals surface area (Å²) in [5.41, 5.74) is -1.22. The first-order valence-corrected chi connectivity index (χ1v) is 8.14. The topological polar surface area (TPSA) is 46.5 Å². The van der Waals surface area contributed by atoms with Gasteiger partial charge in [-0.05, 0) is 77.0 Å². The van der Waals surface area contributed by atoms with Gasteiger partial charge in [0.25, 0.3) is 0 Å². The Morgan fingerprint density at radius 2 is 1.80 bits per heavy atom. The third kappa shape index (κ3) is 2.01. The van der Waals surface area contributed by atoms with Crippen molar-refractivity contribution in [2.75, 3.05) is 0 Å². The Bertz CT molecular complexity index is 406. The van der Waals surface area contributed by atoms with E-state index in [2.05, 4.69) is 0 Å². The van der Waals surface area contributed by atoms with Crippen LogP contribution in [0.25, 0.3) is 0 Å². The van der Waals surface area contributed by atoms with Crippen LogP contribution in [-0.2, 0) is 9.53 Å². The molecule has 1 N–H and O–H groups in total. The van der Waals surface area contributed by atoms with Gasteiger partial charge in [-0.2, -0.15) is 0 Å². The number of ether oxygens (including phenoxy) is 1. The fourth-order valence-corrected chi connectivity index (χ4v) is 4.74. The molecule has 0 aromatic carbocycles. The fourth-order valence-electron chi connectivity index (χ4n) is 4.74. The zero-order valence-corrected chi connectivity index (χ0v) is 13.2. The average molecular weight is 280 g/mol. The first-order chi connectivity index (χ1) is 9.18. The standard InChI is InChI=1S/C17H28O3/c1-5-15(2,3)14(18)20-17-8-11-6-12(9-17)16(4,19)13(7-11)10-17/h11-13,19H,5-10H2,1-4H3. The van der Waals surface area contributed by atoms with Crippen molar-refractivity contribution in [3.05, 3.63) is 0 Å². The van der Waals surface area contributed by atoms with E-state index in [1.54, 1.807) is 0 Å². The lowest BCUT2D eigenvalue weighted by molar-refractivity contribution is -0.237. The summed E-state index contributed by atoms with van der Waals surface area (Å²) in [6.45, 7) is 7.95. The second kappa shape index (κ2) is 4.22. The number of hydrogen-bond donors (Lipinski definition) is 1. The molecule has 4 rings (SSSR count). The number of carbonyl (C=O) groups excluding carboxylic acids is 1. The zero-order valence-electron chi connectivity index (χ0n) is 13.2. The van der Waals surface area contributed by atoms with Crippen molar-refractivity contribution in [2.24, 2.45) is 23.2 Å². The number of rotatable bonds is 3. The minimum atomic E-state index is -0.549. The largest absolute Gasteiger partial charge is 0.459 e. The molecule has 3 nitrogen and oxygen atoms in total. The van der Waals surface area contributed by atoms with Gasteiger partial charge in [0.05, 0.1) is 11.0 Å². The van der Waals surface area contributed by atoms with Crippen LogP contribution < -0.4 is 0 Å². The van der Waals surface area contributed by atoms with Gasteiger partial charge < -0.3 is 9.84 Å². The van der Waals surface area contributed by atoms with Gasteiger partial charge in [-0.25, -0.2) is 0 Å². The highest BCUT2D eigenvalue weighted by Gasteiger charge is 2.61. The second-order valence-corrected chi connectivity index (χ2v) is 8.38. The lowest BCUT2D eigenvalue weighted by Gasteiger charge is -2.62. The number of carbonyl (C=O) groups is 1. The molecular formula is C17H28O3. The minimum absolute atomic E-state index is 0.0541. The van der Waals surface area contributed by atoms with E-state index >= 15 is 0 Å². The molecule has 3 heteroatoms. The van der Waals surface area contributed by atoms with Crippen LogP contribution in [0.5, 0.6) is 0 Å². The highest BCUT2D eigenvalue weighted by atomic mass is 16.6. The molecule has 4 fully saturated rings. The summed E-state index contributed by atoms with van der Waals surface area (Å²) < 4.78 is 6.05. The predicted molar refractivity (Wildman–Crippen MR) is 77.1 cm³/mol. The van der Waals surface area contributed by atoms with Gasteiger partial charge in [-0.1, -0.05) is 6.92 Å². The molecule has 2 atom stereocenters. The maximum absolute atomic E-state index is 12.5. The van der Waals surface area contributed by atoms with Crippen molar-refractivity contribution in [3.63, 3.8) is 0 Å². The Morgan fingerprint density at radius 3 is 2.30 bits per heavy atom. The molecule has 2 unspecified atom stereocenters. The lowest BCUT2D eigenvalue weighted by atomic mass is 9.48. The van der Waals surface area contributed by atoms with Crippen LogP contribution in [-0.4, -0.2) is 22.3 Å². The molecule has 0 aliphatic heterocycles. The van der Waals surface area contributed by atoms with Crippen LogP contribution in [0.15, 0.2) is 0 Å². The second-order valence-electron chi connectivity index (χ2n) is 8.38. The van der Waals surface area contributed by atoms with Crippen LogP contribution in [0.2, 0.25) is 0 Å². The number of hydrogen-bond acceptors (Lipinski definition) is 3. The molecule has 114 valence electrons. The molecule has 0 saturated heterocycles. The van der Waals surface area contributed by atoms with E-state index in [4.69, 9.17) is 4.74 Å². The Balaban J connectivity index is 1.80. The molecule has 0 radical (unpaired) electrons. The zero-order chi connectivity index (χ0) is 14.8. The molecule has 0 amide bonds. The quantitative estimate of drug-likeness (QED) is 0.807. The van der Waals surface area contributed by atoms with E-state index in [-0.39, 0.29) is 11.6 Å². The number of esters is 1. The molecule has 0 spiro atoms. The van der Waals surface area contributed by atoms with E-state index in [0.717, 1.165) is 38.5 Å². The van der Waals surface area contributed by atoms with Crippen molar-refractivity contribution in [1.29, 1.82) is 0 Å². The van der Waals surface area contributed by atoms with Crippen molar-refractivity contribution in [3.8, 4) is 0 Å². The van der Waals surface area contributed by atoms with Crippen LogP contribution in [0.4, 0.5) is 0 Å². The predicted octanol–water partition coefficient (Wildman–Crippen LogP) is 3.30. The lowest BCUT2D eigenvalue weighted by Crippen LogP contribution is -2.63. The molecule has 4 saturated carbocycles. The van der Waals surface area contributed by atoms with Crippen molar-refractivity contribution >= 4 is 5.97 Å². The summed E-state index contributed by atoms with van der Waals surface area (Å²) in [5, 5.41) is 10.7. The van der Waals surface area contributed by atoms with E-state index < -0.39 is 11.0 Å². The SMILES string of the molecule is CCC(C)(C)C(=O)OC12CC3CC(C1)C(C)(O)C(C3)C2. The average Bonchev–Trinajstić information content (AvgIpc) is 2.35. The maximum Gasteiger partial charge on any atom is 0.312 e. The Labute approximate surface area is 122 Å². The summed E-state index contributed by atoms with van der Waals surface area (Å²) in [4.78, 5) is 12.5. The Hall–Kier alpha value is -0.570. The highest BCUT2D eigenvalue weighted by Crippen LogP contribution is 2.61. The van der Waals surface area contributed by atoms with Gasteiger partial charge in [0.2, 0.25) is 0 Å². The third-order valence-corrected chi connectivity index (χ3v) is 6.53. The van der Waals surface area contributed by atoms with Crippen molar-refractivity contribution < 1.29 is 14.6 Å². The maximum atomic E-state index is 12.5. The van der Waals surface area contributed by atoms with Crippen molar-refractivity contribution in [2.45, 2.75) is 77.4 Å². The Morgan fingerprint density at radius 1 is 1.25 bits per heavy atom. The summed E-state index contributed by atoms with van der Waals surface area (Å²) in [6.07, 6.45) is 5.76. The monoisotopic (exact) mass is 280 g/mol. The summed E-state index contributed by atoms with van der Waals surface area (Å²) in [6, 6.07) is 0. The molecule has 0 aromatic rings. The smallest absolute Gasteiger partial charge is 0.312 e. The molecule has 4 aliphatic rings. The van der Waals surface area contributed by atoms with Gasteiger partial charge in [-0.3, -0.25) is 4.79 Å². The molecule has 4 bridgehead atoms. The van der Waals surface area contributed by atoms with Crippen LogP contribution in [0, 0.1) is 23.2 Å². The Kier molecular flexibility index (Phi) is 3.03. The minimum Gasteiger partial charge on any atom is -0.459 e. The fraction of sp³-hybridized carbons (Fsp3) is 0.941. The van der Waals surface area contributed by atoms with Gasteiger partial charge in [0, 0.05) is 0 Å². The summed E-state index contributed by atoms with van der Waals surface area (Å²) in [7, 11) is 0.